The second-order valence-electron chi connectivity index (χ2n) is 8.22. The van der Waals surface area contributed by atoms with Gasteiger partial charge in [0, 0.05) is 30.7 Å². The summed E-state index contributed by atoms with van der Waals surface area (Å²) in [6.07, 6.45) is 9.40. The van der Waals surface area contributed by atoms with Gasteiger partial charge in [0.1, 0.15) is 0 Å². The molecule has 2 N–H and O–H groups in total. The zero-order chi connectivity index (χ0) is 17.1. The number of likely N-dealkylation sites (tertiary alicyclic amines) is 1. The van der Waals surface area contributed by atoms with E-state index >= 15 is 0 Å². The van der Waals surface area contributed by atoms with Crippen molar-refractivity contribution in [1.29, 1.82) is 0 Å². The van der Waals surface area contributed by atoms with Crippen LogP contribution < -0.4 is 10.6 Å². The lowest BCUT2D eigenvalue weighted by molar-refractivity contribution is -0.117. The summed E-state index contributed by atoms with van der Waals surface area (Å²) in [5.74, 6) is 0.731. The molecule has 2 atom stereocenters. The smallest absolute Gasteiger partial charge is 0.224 e. The first kappa shape index (κ1) is 22.5. The number of amides is 1. The summed E-state index contributed by atoms with van der Waals surface area (Å²) in [6, 6.07) is 9.76. The Balaban J connectivity index is 0.00000131. The van der Waals surface area contributed by atoms with Gasteiger partial charge in [0.2, 0.25) is 5.91 Å². The van der Waals surface area contributed by atoms with Gasteiger partial charge >= 0.3 is 0 Å². The molecule has 0 aromatic heterocycles. The van der Waals surface area contributed by atoms with Crippen LogP contribution in [0.15, 0.2) is 24.3 Å². The number of hydrogen-bond acceptors (Lipinski definition) is 3. The molecule has 4 nitrogen and oxygen atoms in total. The van der Waals surface area contributed by atoms with Gasteiger partial charge in [-0.05, 0) is 81.6 Å². The molecule has 4 rings (SSSR count). The predicted octanol–water partition coefficient (Wildman–Crippen LogP) is 4.03. The Kier molecular flexibility index (Phi) is 8.87. The Labute approximate surface area is 175 Å². The molecule has 0 aliphatic carbocycles. The second kappa shape index (κ2) is 10.7. The fraction of sp³-hybridized carbons (Fsp3) is 0.667. The first-order valence-corrected chi connectivity index (χ1v) is 10.1. The van der Waals surface area contributed by atoms with Crippen LogP contribution in [0.1, 0.15) is 50.5 Å². The second-order valence-corrected chi connectivity index (χ2v) is 8.22. The lowest BCUT2D eigenvalue weighted by atomic mass is 9.89. The van der Waals surface area contributed by atoms with Gasteiger partial charge in [-0.3, -0.25) is 4.79 Å². The standard InChI is InChI=1S/C21H31N3O.2ClH/c25-21(15-17-13-19-7-8-20(14-17)22-19)23-18-5-3-16(4-6-18)9-12-24-10-1-2-11-24;;/h3-6,17,19-20,22H,1-2,7-15H2,(H,23,25);2*1H. The molecule has 1 aromatic carbocycles. The fourth-order valence-corrected chi connectivity index (χ4v) is 4.86. The van der Waals surface area contributed by atoms with Crippen molar-refractivity contribution in [2.24, 2.45) is 5.92 Å². The van der Waals surface area contributed by atoms with Gasteiger partial charge in [-0.2, -0.15) is 0 Å². The molecule has 6 heteroatoms. The molecule has 0 saturated carbocycles. The summed E-state index contributed by atoms with van der Waals surface area (Å²) >= 11 is 0. The number of halogens is 2. The van der Waals surface area contributed by atoms with Gasteiger partial charge in [-0.25, -0.2) is 0 Å². The minimum absolute atomic E-state index is 0. The van der Waals surface area contributed by atoms with E-state index in [9.17, 15) is 4.79 Å². The van der Waals surface area contributed by atoms with E-state index < -0.39 is 0 Å². The number of hydrogen-bond donors (Lipinski definition) is 2. The molecule has 152 valence electrons. The molecule has 3 fully saturated rings. The largest absolute Gasteiger partial charge is 0.326 e. The fourth-order valence-electron chi connectivity index (χ4n) is 4.86. The van der Waals surface area contributed by atoms with E-state index in [0.717, 1.165) is 18.7 Å². The van der Waals surface area contributed by atoms with E-state index in [1.807, 2.05) is 0 Å². The van der Waals surface area contributed by atoms with Crippen molar-refractivity contribution < 1.29 is 4.79 Å². The Hall–Kier alpha value is -0.810. The van der Waals surface area contributed by atoms with Crippen LogP contribution in [0, 0.1) is 5.92 Å². The maximum Gasteiger partial charge on any atom is 0.224 e. The van der Waals surface area contributed by atoms with Crippen molar-refractivity contribution in [3.8, 4) is 0 Å². The van der Waals surface area contributed by atoms with Crippen molar-refractivity contribution in [2.75, 3.05) is 25.0 Å². The highest BCUT2D eigenvalue weighted by Gasteiger charge is 2.34. The highest BCUT2D eigenvalue weighted by molar-refractivity contribution is 5.90. The Morgan fingerprint density at radius 2 is 1.67 bits per heavy atom. The zero-order valence-electron chi connectivity index (χ0n) is 16.0. The first-order valence-electron chi connectivity index (χ1n) is 10.1. The number of nitrogens with zero attached hydrogens (tertiary/aromatic N) is 1. The quantitative estimate of drug-likeness (QED) is 0.739. The highest BCUT2D eigenvalue weighted by Crippen LogP contribution is 2.32. The van der Waals surface area contributed by atoms with Crippen LogP contribution >= 0.6 is 24.8 Å². The minimum atomic E-state index is 0. The molecule has 1 aromatic rings. The molecule has 0 radical (unpaired) electrons. The lowest BCUT2D eigenvalue weighted by Crippen LogP contribution is -2.39. The summed E-state index contributed by atoms with van der Waals surface area (Å²) in [7, 11) is 0. The number of carbonyl (C=O) groups excluding carboxylic acids is 1. The van der Waals surface area contributed by atoms with Gasteiger partial charge in [0.15, 0.2) is 0 Å². The van der Waals surface area contributed by atoms with E-state index in [1.165, 1.54) is 57.2 Å². The van der Waals surface area contributed by atoms with Crippen LogP contribution in [0.5, 0.6) is 0 Å². The minimum Gasteiger partial charge on any atom is -0.326 e. The molecule has 0 spiro atoms. The van der Waals surface area contributed by atoms with Gasteiger partial charge in [0.05, 0.1) is 0 Å². The van der Waals surface area contributed by atoms with Gasteiger partial charge < -0.3 is 15.5 Å². The summed E-state index contributed by atoms with van der Waals surface area (Å²) in [4.78, 5) is 14.9. The number of benzene rings is 1. The van der Waals surface area contributed by atoms with Crippen molar-refractivity contribution in [1.82, 2.24) is 10.2 Å². The normalized spacial score (nSPS) is 26.9. The predicted molar refractivity (Wildman–Crippen MR) is 116 cm³/mol. The number of fused-ring (bicyclic) bond motifs is 2. The van der Waals surface area contributed by atoms with Crippen molar-refractivity contribution in [3.63, 3.8) is 0 Å². The highest BCUT2D eigenvalue weighted by atomic mass is 35.5. The van der Waals surface area contributed by atoms with Gasteiger partial charge in [-0.15, -0.1) is 24.8 Å². The van der Waals surface area contributed by atoms with E-state index in [2.05, 4.69) is 39.8 Å². The Morgan fingerprint density at radius 3 is 2.30 bits per heavy atom. The molecule has 1 amide bonds. The molecular weight excluding hydrogens is 381 g/mol. The third kappa shape index (κ3) is 6.35. The molecule has 3 aliphatic rings. The molecular formula is C21H33Cl2N3O. The zero-order valence-corrected chi connectivity index (χ0v) is 17.6. The number of rotatable bonds is 6. The van der Waals surface area contributed by atoms with Crippen molar-refractivity contribution >= 4 is 36.4 Å². The third-order valence-electron chi connectivity index (χ3n) is 6.20. The average Bonchev–Trinajstić information content (AvgIpc) is 3.24. The first-order chi connectivity index (χ1) is 12.2. The summed E-state index contributed by atoms with van der Waals surface area (Å²) in [5, 5.41) is 6.74. The van der Waals surface area contributed by atoms with Crippen molar-refractivity contribution in [3.05, 3.63) is 29.8 Å². The molecule has 3 aliphatic heterocycles. The number of carbonyl (C=O) groups is 1. The Bertz CT molecular complexity index is 578. The van der Waals surface area contributed by atoms with E-state index in [-0.39, 0.29) is 30.7 Å². The number of nitrogens with one attached hydrogen (secondary N) is 2. The van der Waals surface area contributed by atoms with Crippen LogP contribution in [-0.2, 0) is 11.2 Å². The van der Waals surface area contributed by atoms with E-state index in [4.69, 9.17) is 0 Å². The van der Waals surface area contributed by atoms with Crippen LogP contribution in [0.3, 0.4) is 0 Å². The average molecular weight is 414 g/mol. The SMILES string of the molecule is Cl.Cl.O=C(CC1CC2CCC(C1)N2)Nc1ccc(CCN2CCCC2)cc1. The number of anilines is 1. The summed E-state index contributed by atoms with van der Waals surface area (Å²) < 4.78 is 0. The van der Waals surface area contributed by atoms with Gasteiger partial charge in [-0.1, -0.05) is 12.1 Å². The summed E-state index contributed by atoms with van der Waals surface area (Å²) in [5.41, 5.74) is 2.30. The van der Waals surface area contributed by atoms with E-state index in [1.54, 1.807) is 0 Å². The molecule has 2 unspecified atom stereocenters. The molecule has 3 heterocycles. The monoisotopic (exact) mass is 413 g/mol. The van der Waals surface area contributed by atoms with Crippen LogP contribution in [0.25, 0.3) is 0 Å². The summed E-state index contributed by atoms with van der Waals surface area (Å²) in [6.45, 7) is 3.67. The lowest BCUT2D eigenvalue weighted by Gasteiger charge is -2.28. The maximum atomic E-state index is 12.4. The molecule has 27 heavy (non-hydrogen) atoms. The number of piperidine rings is 1. The topological polar surface area (TPSA) is 44.4 Å². The maximum absolute atomic E-state index is 12.4. The van der Waals surface area contributed by atoms with E-state index in [0.29, 0.717) is 24.4 Å². The Morgan fingerprint density at radius 1 is 1.04 bits per heavy atom. The van der Waals surface area contributed by atoms with Crippen LogP contribution in [-0.4, -0.2) is 42.5 Å². The van der Waals surface area contributed by atoms with Gasteiger partial charge in [0.25, 0.3) is 0 Å². The molecule has 3 saturated heterocycles. The van der Waals surface area contributed by atoms with Crippen LogP contribution in [0.4, 0.5) is 5.69 Å². The van der Waals surface area contributed by atoms with Crippen molar-refractivity contribution in [2.45, 2.75) is 63.5 Å². The molecule has 2 bridgehead atoms. The van der Waals surface area contributed by atoms with Crippen LogP contribution in [0.2, 0.25) is 0 Å². The third-order valence-corrected chi connectivity index (χ3v) is 6.20.